The molecule has 2 aromatic carbocycles. The highest BCUT2D eigenvalue weighted by molar-refractivity contribution is 7.09. The lowest BCUT2D eigenvalue weighted by Gasteiger charge is -2.25. The molecule has 0 saturated carbocycles. The smallest absolute Gasteiger partial charge is 0.389 e. The Morgan fingerprint density at radius 1 is 1.14 bits per heavy atom. The summed E-state index contributed by atoms with van der Waals surface area (Å²) in [6, 6.07) is 14.4. The molecule has 0 unspecified atom stereocenters. The number of ether oxygens (including phenoxy) is 2. The highest BCUT2D eigenvalue weighted by Gasteiger charge is 2.27. The third-order valence-corrected chi connectivity index (χ3v) is 6.31. The number of nitro groups is 1. The molecule has 1 aliphatic heterocycles. The zero-order chi connectivity index (χ0) is 24.4. The molecule has 178 valence electrons. The number of hydrogen-bond donors (Lipinski definition) is 0. The molecule has 0 N–H and O–H groups in total. The molecule has 5 rings (SSSR count). The van der Waals surface area contributed by atoms with E-state index in [0.717, 1.165) is 4.88 Å². The Balaban J connectivity index is 1.50. The number of rotatable bonds is 7. The third-order valence-electron chi connectivity index (χ3n) is 5.45. The van der Waals surface area contributed by atoms with Crippen LogP contribution in [0.15, 0.2) is 66.3 Å². The van der Waals surface area contributed by atoms with Crippen LogP contribution in [0.3, 0.4) is 0 Å². The summed E-state index contributed by atoms with van der Waals surface area (Å²) in [6.45, 7) is 0.955. The quantitative estimate of drug-likeness (QED) is 0.274. The van der Waals surface area contributed by atoms with E-state index in [0.29, 0.717) is 42.5 Å². The van der Waals surface area contributed by atoms with Gasteiger partial charge >= 0.3 is 5.82 Å². The first-order valence-corrected chi connectivity index (χ1v) is 11.6. The summed E-state index contributed by atoms with van der Waals surface area (Å²) in [5.74, 6) is -0.0473. The molecule has 4 aromatic rings. The van der Waals surface area contributed by atoms with Crippen LogP contribution in [0.5, 0.6) is 11.5 Å². The lowest BCUT2D eigenvalue weighted by Crippen LogP contribution is -2.33. The molecule has 2 aromatic heterocycles. The van der Waals surface area contributed by atoms with Gasteiger partial charge in [0.15, 0.2) is 17.2 Å². The average Bonchev–Trinajstić information content (AvgIpc) is 3.53. The normalized spacial score (nSPS) is 12.4. The zero-order valence-corrected chi connectivity index (χ0v) is 19.1. The van der Waals surface area contributed by atoms with Gasteiger partial charge in [0.2, 0.25) is 12.2 Å². The van der Waals surface area contributed by atoms with Crippen LogP contribution in [0.25, 0.3) is 11.3 Å². The number of benzene rings is 2. The minimum absolute atomic E-state index is 0.126. The van der Waals surface area contributed by atoms with E-state index < -0.39 is 16.6 Å². The molecule has 1 aliphatic rings. The summed E-state index contributed by atoms with van der Waals surface area (Å²) in [4.78, 5) is 31.0. The molecular formula is C24H19FN4O5S. The van der Waals surface area contributed by atoms with Crippen molar-refractivity contribution in [3.05, 3.63) is 87.1 Å². The van der Waals surface area contributed by atoms with Crippen LogP contribution in [-0.4, -0.2) is 33.6 Å². The van der Waals surface area contributed by atoms with Crippen molar-refractivity contribution in [3.63, 3.8) is 0 Å². The minimum atomic E-state index is -0.621. The predicted molar refractivity (Wildman–Crippen MR) is 127 cm³/mol. The zero-order valence-electron chi connectivity index (χ0n) is 18.3. The number of anilines is 1. The topological polar surface area (TPSA) is 99.7 Å². The van der Waals surface area contributed by atoms with E-state index in [1.807, 2.05) is 17.5 Å². The van der Waals surface area contributed by atoms with Crippen LogP contribution in [0.2, 0.25) is 0 Å². The van der Waals surface area contributed by atoms with Gasteiger partial charge < -0.3 is 24.5 Å². The molecule has 0 radical (unpaired) electrons. The maximum atomic E-state index is 13.6. The summed E-state index contributed by atoms with van der Waals surface area (Å²) < 4.78 is 26.1. The molecule has 3 heterocycles. The largest absolute Gasteiger partial charge is 0.486 e. The second-order valence-electron chi connectivity index (χ2n) is 7.70. The highest BCUT2D eigenvalue weighted by atomic mass is 32.1. The minimum Gasteiger partial charge on any atom is -0.486 e. The second kappa shape index (κ2) is 9.55. The van der Waals surface area contributed by atoms with Gasteiger partial charge in [-0.15, -0.1) is 11.3 Å². The van der Waals surface area contributed by atoms with Crippen LogP contribution in [0, 0.1) is 15.9 Å². The summed E-state index contributed by atoms with van der Waals surface area (Å²) in [7, 11) is 0. The number of carbonyl (C=O) groups is 1. The SMILES string of the molecule is O=C(Cn1cnc([N+](=O)[O-])c1-c1ccc(F)cc1)N(Cc1cccs1)c1ccc2c(c1)OCCO2. The molecule has 0 fully saturated rings. The van der Waals surface area contributed by atoms with Crippen molar-refractivity contribution >= 4 is 28.7 Å². The third kappa shape index (κ3) is 4.71. The van der Waals surface area contributed by atoms with E-state index in [1.54, 1.807) is 23.1 Å². The van der Waals surface area contributed by atoms with Crippen molar-refractivity contribution in [2.75, 3.05) is 18.1 Å². The van der Waals surface area contributed by atoms with Crippen molar-refractivity contribution in [2.24, 2.45) is 0 Å². The molecule has 0 spiro atoms. The van der Waals surface area contributed by atoms with Crippen molar-refractivity contribution < 1.29 is 23.6 Å². The van der Waals surface area contributed by atoms with E-state index in [1.165, 1.54) is 46.5 Å². The number of nitrogens with zero attached hydrogens (tertiary/aromatic N) is 4. The van der Waals surface area contributed by atoms with Crippen molar-refractivity contribution in [3.8, 4) is 22.8 Å². The summed E-state index contributed by atoms with van der Waals surface area (Å²) >= 11 is 1.51. The van der Waals surface area contributed by atoms with Gasteiger partial charge in [-0.05, 0) is 57.8 Å². The van der Waals surface area contributed by atoms with Crippen molar-refractivity contribution in [1.82, 2.24) is 9.55 Å². The highest BCUT2D eigenvalue weighted by Crippen LogP contribution is 2.35. The molecule has 0 aliphatic carbocycles. The Morgan fingerprint density at radius 2 is 1.91 bits per heavy atom. The van der Waals surface area contributed by atoms with Gasteiger partial charge in [0, 0.05) is 22.2 Å². The number of carbonyl (C=O) groups excluding carboxylic acids is 1. The number of aromatic nitrogens is 2. The Kier molecular flexibility index (Phi) is 6.15. The van der Waals surface area contributed by atoms with E-state index in [9.17, 15) is 19.3 Å². The standard InChI is InChI=1S/C24H19FN4O5S/c25-17-5-3-16(4-6-17)23-24(29(31)32)26-15-27(23)14-22(30)28(13-19-2-1-11-35-19)18-7-8-20-21(12-18)34-10-9-33-20/h1-8,11-12,15H,9-10,13-14H2. The fraction of sp³-hybridized carbons (Fsp3) is 0.167. The number of hydrogen-bond acceptors (Lipinski definition) is 7. The molecule has 9 nitrogen and oxygen atoms in total. The summed E-state index contributed by atoms with van der Waals surface area (Å²) in [5, 5.41) is 13.5. The molecule has 0 saturated heterocycles. The average molecular weight is 495 g/mol. The van der Waals surface area contributed by atoms with Gasteiger partial charge in [0.1, 0.15) is 25.6 Å². The number of thiophene rings is 1. The van der Waals surface area contributed by atoms with E-state index >= 15 is 0 Å². The first kappa shape index (κ1) is 22.5. The van der Waals surface area contributed by atoms with Crippen LogP contribution < -0.4 is 14.4 Å². The monoisotopic (exact) mass is 494 g/mol. The van der Waals surface area contributed by atoms with E-state index in [4.69, 9.17) is 9.47 Å². The fourth-order valence-corrected chi connectivity index (χ4v) is 4.53. The molecule has 0 bridgehead atoms. The molecular weight excluding hydrogens is 475 g/mol. The Morgan fingerprint density at radius 3 is 2.63 bits per heavy atom. The number of halogens is 1. The van der Waals surface area contributed by atoms with Gasteiger partial charge in [-0.2, -0.15) is 0 Å². The Bertz CT molecular complexity index is 1370. The predicted octanol–water partition coefficient (Wildman–Crippen LogP) is 4.66. The lowest BCUT2D eigenvalue weighted by atomic mass is 10.1. The summed E-state index contributed by atoms with van der Waals surface area (Å²) in [5.41, 5.74) is 1.11. The van der Waals surface area contributed by atoms with Crippen LogP contribution in [0.4, 0.5) is 15.9 Å². The lowest BCUT2D eigenvalue weighted by molar-refractivity contribution is -0.388. The summed E-state index contributed by atoms with van der Waals surface area (Å²) in [6.07, 6.45) is 1.25. The molecule has 0 atom stereocenters. The number of imidazole rings is 1. The van der Waals surface area contributed by atoms with Crippen LogP contribution in [-0.2, 0) is 17.9 Å². The molecule has 35 heavy (non-hydrogen) atoms. The second-order valence-corrected chi connectivity index (χ2v) is 8.73. The Labute approximate surface area is 203 Å². The van der Waals surface area contributed by atoms with Gasteiger partial charge in [-0.3, -0.25) is 9.36 Å². The van der Waals surface area contributed by atoms with E-state index in [-0.39, 0.29) is 18.1 Å². The fourth-order valence-electron chi connectivity index (χ4n) is 3.84. The van der Waals surface area contributed by atoms with Crippen molar-refractivity contribution in [2.45, 2.75) is 13.1 Å². The van der Waals surface area contributed by atoms with Crippen molar-refractivity contribution in [1.29, 1.82) is 0 Å². The Hall–Kier alpha value is -4.25. The van der Waals surface area contributed by atoms with Crippen LogP contribution >= 0.6 is 11.3 Å². The molecule has 1 amide bonds. The molecule has 11 heteroatoms. The van der Waals surface area contributed by atoms with E-state index in [2.05, 4.69) is 4.98 Å². The maximum absolute atomic E-state index is 13.6. The van der Waals surface area contributed by atoms with Gasteiger partial charge in [-0.1, -0.05) is 6.07 Å². The maximum Gasteiger partial charge on any atom is 0.389 e. The van der Waals surface area contributed by atoms with Gasteiger partial charge in [0.05, 0.1) is 6.54 Å². The van der Waals surface area contributed by atoms with Gasteiger partial charge in [-0.25, -0.2) is 4.39 Å². The first-order valence-electron chi connectivity index (χ1n) is 10.7. The van der Waals surface area contributed by atoms with Gasteiger partial charge in [0.25, 0.3) is 0 Å². The first-order chi connectivity index (χ1) is 17.0. The van der Waals surface area contributed by atoms with Crippen LogP contribution in [0.1, 0.15) is 4.88 Å². The number of amides is 1. The number of fused-ring (bicyclic) bond motifs is 1.